The maximum Gasteiger partial charge on any atom is 0.248 e. The summed E-state index contributed by atoms with van der Waals surface area (Å²) in [5.74, 6) is 0.476. The average Bonchev–Trinajstić information content (AvgIpc) is 3.19. The van der Waals surface area contributed by atoms with Crippen molar-refractivity contribution >= 4 is 46.8 Å². The molecule has 0 radical (unpaired) electrons. The molecule has 0 bridgehead atoms. The van der Waals surface area contributed by atoms with Gasteiger partial charge in [-0.3, -0.25) is 20.4 Å². The van der Waals surface area contributed by atoms with Crippen molar-refractivity contribution in [3.05, 3.63) is 70.7 Å². The Morgan fingerprint density at radius 2 is 1.72 bits per heavy atom. The largest absolute Gasteiger partial charge is 0.441 e. The first-order valence-corrected chi connectivity index (χ1v) is 10.4. The molecular weight excluding hydrogens is 433 g/mol. The van der Waals surface area contributed by atoms with E-state index in [2.05, 4.69) is 15.8 Å². The van der Waals surface area contributed by atoms with Crippen LogP contribution in [0.2, 0.25) is 10.0 Å². The summed E-state index contributed by atoms with van der Waals surface area (Å²) in [6.45, 7) is 0. The summed E-state index contributed by atoms with van der Waals surface area (Å²) in [5, 5.41) is 1.20. The van der Waals surface area contributed by atoms with E-state index < -0.39 is 0 Å². The van der Waals surface area contributed by atoms with E-state index in [1.54, 1.807) is 24.4 Å². The summed E-state index contributed by atoms with van der Waals surface area (Å²) >= 11 is 13.3. The number of hydrogen-bond donors (Lipinski definition) is 2. The Kier molecular flexibility index (Phi) is 7.57. The van der Waals surface area contributed by atoms with Crippen LogP contribution in [0.4, 0.5) is 0 Å². The van der Waals surface area contributed by atoms with Gasteiger partial charge in [0.15, 0.2) is 11.7 Å². The molecule has 0 aliphatic rings. The highest BCUT2D eigenvalue weighted by Crippen LogP contribution is 2.28. The van der Waals surface area contributed by atoms with Gasteiger partial charge in [-0.2, -0.15) is 0 Å². The van der Waals surface area contributed by atoms with Gasteiger partial charge in [-0.15, -0.1) is 11.8 Å². The molecule has 9 heteroatoms. The summed E-state index contributed by atoms with van der Waals surface area (Å²) in [6, 6.07) is 14.4. The molecule has 0 saturated heterocycles. The van der Waals surface area contributed by atoms with E-state index in [1.165, 1.54) is 11.8 Å². The van der Waals surface area contributed by atoms with Gasteiger partial charge in [0.2, 0.25) is 11.8 Å². The molecule has 6 nitrogen and oxygen atoms in total. The van der Waals surface area contributed by atoms with Gasteiger partial charge in [-0.05, 0) is 36.4 Å². The molecule has 150 valence electrons. The first-order chi connectivity index (χ1) is 14.0. The molecule has 0 fully saturated rings. The summed E-state index contributed by atoms with van der Waals surface area (Å²) < 4.78 is 5.65. The van der Waals surface area contributed by atoms with Crippen molar-refractivity contribution in [1.29, 1.82) is 0 Å². The molecule has 0 unspecified atom stereocenters. The third kappa shape index (κ3) is 6.52. The highest BCUT2D eigenvalue weighted by atomic mass is 35.5. The summed E-state index contributed by atoms with van der Waals surface area (Å²) in [7, 11) is 0. The van der Waals surface area contributed by atoms with Crippen molar-refractivity contribution in [2.45, 2.75) is 17.7 Å². The molecule has 0 aliphatic heterocycles. The quantitative estimate of drug-likeness (QED) is 0.409. The van der Waals surface area contributed by atoms with Gasteiger partial charge in [0.25, 0.3) is 0 Å². The van der Waals surface area contributed by atoms with E-state index in [0.29, 0.717) is 28.1 Å². The fourth-order valence-electron chi connectivity index (χ4n) is 2.35. The van der Waals surface area contributed by atoms with Crippen LogP contribution < -0.4 is 10.9 Å². The van der Waals surface area contributed by atoms with Gasteiger partial charge in [-0.25, -0.2) is 4.98 Å². The Morgan fingerprint density at radius 1 is 1.00 bits per heavy atom. The molecule has 2 aromatic carbocycles. The fourth-order valence-corrected chi connectivity index (χ4v) is 3.40. The highest BCUT2D eigenvalue weighted by Gasteiger charge is 2.11. The summed E-state index contributed by atoms with van der Waals surface area (Å²) in [5.41, 5.74) is 5.51. The molecule has 0 spiro atoms. The number of oxazole rings is 1. The molecule has 0 atom stereocenters. The topological polar surface area (TPSA) is 84.2 Å². The molecule has 3 rings (SSSR count). The number of amides is 2. The molecule has 0 saturated carbocycles. The fraction of sp³-hybridized carbons (Fsp3) is 0.150. The van der Waals surface area contributed by atoms with Crippen LogP contribution in [-0.4, -0.2) is 22.6 Å². The SMILES string of the molecule is O=C(CCc1ncc(-c2ccccc2Cl)o1)NNC(=O)CSc1ccc(Cl)cc1. The van der Waals surface area contributed by atoms with E-state index >= 15 is 0 Å². The Hall–Kier alpha value is -2.48. The second-order valence-corrected chi connectivity index (χ2v) is 7.83. The number of rotatable bonds is 7. The van der Waals surface area contributed by atoms with E-state index in [9.17, 15) is 9.59 Å². The molecule has 1 heterocycles. The van der Waals surface area contributed by atoms with E-state index in [0.717, 1.165) is 10.5 Å². The Bertz CT molecular complexity index is 993. The standard InChI is InChI=1S/C20H17Cl2N3O3S/c21-13-5-7-14(8-6-13)29-12-19(27)25-24-18(26)9-10-20-23-11-17(28-20)15-3-1-2-4-16(15)22/h1-8,11H,9-10,12H2,(H,24,26)(H,25,27). The minimum atomic E-state index is -0.340. The van der Waals surface area contributed by atoms with Gasteiger partial charge in [0, 0.05) is 28.3 Å². The average molecular weight is 450 g/mol. The van der Waals surface area contributed by atoms with Crippen LogP contribution in [0.25, 0.3) is 11.3 Å². The minimum absolute atomic E-state index is 0.118. The van der Waals surface area contributed by atoms with Crippen molar-refractivity contribution in [2.24, 2.45) is 0 Å². The zero-order chi connectivity index (χ0) is 20.6. The lowest BCUT2D eigenvalue weighted by atomic mass is 10.2. The van der Waals surface area contributed by atoms with Crippen LogP contribution in [0.5, 0.6) is 0 Å². The Labute approximate surface area is 182 Å². The molecular formula is C20H17Cl2N3O3S. The van der Waals surface area contributed by atoms with Gasteiger partial charge >= 0.3 is 0 Å². The molecule has 2 N–H and O–H groups in total. The number of nitrogens with one attached hydrogen (secondary N) is 2. The number of benzene rings is 2. The zero-order valence-corrected chi connectivity index (χ0v) is 17.5. The van der Waals surface area contributed by atoms with Gasteiger partial charge in [-0.1, -0.05) is 35.3 Å². The lowest BCUT2D eigenvalue weighted by Gasteiger charge is -2.07. The summed E-state index contributed by atoms with van der Waals surface area (Å²) in [4.78, 5) is 28.8. The number of halogens is 2. The van der Waals surface area contributed by atoms with Crippen molar-refractivity contribution in [3.63, 3.8) is 0 Å². The van der Waals surface area contributed by atoms with Crippen LogP contribution in [0.1, 0.15) is 12.3 Å². The van der Waals surface area contributed by atoms with E-state index in [1.807, 2.05) is 30.3 Å². The molecule has 1 aromatic heterocycles. The predicted octanol–water partition coefficient (Wildman–Crippen LogP) is 4.52. The zero-order valence-electron chi connectivity index (χ0n) is 15.2. The first kappa shape index (κ1) is 21.2. The third-order valence-corrected chi connectivity index (χ3v) is 5.38. The summed E-state index contributed by atoms with van der Waals surface area (Å²) in [6.07, 6.45) is 1.99. The van der Waals surface area contributed by atoms with Crippen molar-refractivity contribution in [3.8, 4) is 11.3 Å². The molecule has 3 aromatic rings. The smallest absolute Gasteiger partial charge is 0.248 e. The maximum atomic E-state index is 11.9. The number of carbonyl (C=O) groups excluding carboxylic acids is 2. The maximum absolute atomic E-state index is 11.9. The van der Waals surface area contributed by atoms with Crippen LogP contribution in [-0.2, 0) is 16.0 Å². The van der Waals surface area contributed by atoms with E-state index in [4.69, 9.17) is 27.6 Å². The number of aryl methyl sites for hydroxylation is 1. The number of carbonyl (C=O) groups is 2. The Balaban J connectivity index is 1.39. The first-order valence-electron chi connectivity index (χ1n) is 8.67. The number of hydrazine groups is 1. The van der Waals surface area contributed by atoms with Crippen molar-refractivity contribution in [1.82, 2.24) is 15.8 Å². The number of aromatic nitrogens is 1. The monoisotopic (exact) mass is 449 g/mol. The number of hydrogen-bond acceptors (Lipinski definition) is 5. The third-order valence-electron chi connectivity index (χ3n) is 3.78. The van der Waals surface area contributed by atoms with E-state index in [-0.39, 0.29) is 24.0 Å². The highest BCUT2D eigenvalue weighted by molar-refractivity contribution is 8.00. The van der Waals surface area contributed by atoms with Crippen LogP contribution in [0, 0.1) is 0 Å². The second-order valence-electron chi connectivity index (χ2n) is 5.94. The Morgan fingerprint density at radius 3 is 2.48 bits per heavy atom. The van der Waals surface area contributed by atoms with Crippen molar-refractivity contribution < 1.29 is 14.0 Å². The number of thioether (sulfide) groups is 1. The van der Waals surface area contributed by atoms with Gasteiger partial charge in [0.1, 0.15) is 0 Å². The molecule has 0 aliphatic carbocycles. The van der Waals surface area contributed by atoms with Crippen molar-refractivity contribution in [2.75, 3.05) is 5.75 Å². The van der Waals surface area contributed by atoms with Crippen LogP contribution in [0.3, 0.4) is 0 Å². The van der Waals surface area contributed by atoms with Gasteiger partial charge < -0.3 is 4.42 Å². The number of nitrogens with zero attached hydrogens (tertiary/aromatic N) is 1. The minimum Gasteiger partial charge on any atom is -0.441 e. The lowest BCUT2D eigenvalue weighted by molar-refractivity contribution is -0.127. The van der Waals surface area contributed by atoms with Crippen LogP contribution in [0.15, 0.2) is 64.0 Å². The van der Waals surface area contributed by atoms with Gasteiger partial charge in [0.05, 0.1) is 17.0 Å². The molecule has 29 heavy (non-hydrogen) atoms. The normalized spacial score (nSPS) is 10.6. The predicted molar refractivity (Wildman–Crippen MR) is 114 cm³/mol. The second kappa shape index (κ2) is 10.3. The van der Waals surface area contributed by atoms with Crippen LogP contribution >= 0.6 is 35.0 Å². The lowest BCUT2D eigenvalue weighted by Crippen LogP contribution is -2.42. The molecule has 2 amide bonds.